The first kappa shape index (κ1) is 17.7. The number of carbonyl (C=O) groups excluding carboxylic acids is 1. The van der Waals surface area contributed by atoms with Gasteiger partial charge in [-0.2, -0.15) is 0 Å². The van der Waals surface area contributed by atoms with Gasteiger partial charge < -0.3 is 11.1 Å². The molecule has 0 radical (unpaired) electrons. The Balaban J connectivity index is 2.82. The predicted octanol–water partition coefficient (Wildman–Crippen LogP) is 1.93. The highest BCUT2D eigenvalue weighted by molar-refractivity contribution is 7.89. The number of hydrogen-bond acceptors (Lipinski definition) is 4. The molecule has 0 aromatic heterocycles. The second kappa shape index (κ2) is 7.04. The first-order chi connectivity index (χ1) is 9.76. The summed E-state index contributed by atoms with van der Waals surface area (Å²) in [7, 11) is -3.05. The zero-order chi connectivity index (χ0) is 16.1. The van der Waals surface area contributed by atoms with Gasteiger partial charge in [-0.3, -0.25) is 4.79 Å². The summed E-state index contributed by atoms with van der Waals surface area (Å²) in [6.07, 6.45) is 2.55. The second-order valence-electron chi connectivity index (χ2n) is 5.41. The average Bonchev–Trinajstić information content (AvgIpc) is 2.42. The molecule has 0 heterocycles. The van der Waals surface area contributed by atoms with Crippen LogP contribution in [-0.2, 0) is 20.4 Å². The van der Waals surface area contributed by atoms with Crippen LogP contribution in [0.5, 0.6) is 0 Å². The van der Waals surface area contributed by atoms with Gasteiger partial charge in [0.15, 0.2) is 9.84 Å². The summed E-state index contributed by atoms with van der Waals surface area (Å²) in [6.45, 7) is 4.20. The zero-order valence-electron chi connectivity index (χ0n) is 12.8. The third-order valence-corrected chi connectivity index (χ3v) is 4.72. The third kappa shape index (κ3) is 4.82. The summed E-state index contributed by atoms with van der Waals surface area (Å²) in [5.41, 5.74) is 6.55. The van der Waals surface area contributed by atoms with Crippen LogP contribution in [-0.4, -0.2) is 27.1 Å². The Morgan fingerprint density at radius 2 is 1.71 bits per heavy atom. The molecule has 1 aromatic carbocycles. The molecule has 0 fully saturated rings. The molecular formula is C15H24N2O3S. The molecule has 1 aromatic rings. The average molecular weight is 312 g/mol. The van der Waals surface area contributed by atoms with E-state index in [9.17, 15) is 13.2 Å². The molecule has 1 amide bonds. The SMILES string of the molecule is CCC(CC)(CN)C(=O)Nc1ccc(CS(C)(=O)=O)cc1. The van der Waals surface area contributed by atoms with Crippen LogP contribution in [0.15, 0.2) is 24.3 Å². The molecule has 0 aliphatic carbocycles. The van der Waals surface area contributed by atoms with Crippen molar-refractivity contribution in [2.24, 2.45) is 11.1 Å². The fraction of sp³-hybridized carbons (Fsp3) is 0.533. The molecule has 0 aliphatic rings. The number of nitrogens with one attached hydrogen (secondary N) is 1. The summed E-state index contributed by atoms with van der Waals surface area (Å²) in [6, 6.07) is 6.84. The molecular weight excluding hydrogens is 288 g/mol. The second-order valence-corrected chi connectivity index (χ2v) is 7.55. The molecule has 0 saturated carbocycles. The Bertz CT molecular complexity index is 567. The quantitative estimate of drug-likeness (QED) is 0.805. The third-order valence-electron chi connectivity index (χ3n) is 3.87. The largest absolute Gasteiger partial charge is 0.329 e. The number of anilines is 1. The maximum Gasteiger partial charge on any atom is 0.231 e. The van der Waals surface area contributed by atoms with E-state index in [4.69, 9.17) is 5.73 Å². The summed E-state index contributed by atoms with van der Waals surface area (Å²) in [5, 5.41) is 2.86. The van der Waals surface area contributed by atoms with Crippen LogP contribution in [0, 0.1) is 5.41 Å². The van der Waals surface area contributed by atoms with Crippen LogP contribution < -0.4 is 11.1 Å². The van der Waals surface area contributed by atoms with Gasteiger partial charge in [0.25, 0.3) is 0 Å². The summed E-state index contributed by atoms with van der Waals surface area (Å²) in [4.78, 5) is 12.4. The molecule has 0 unspecified atom stereocenters. The maximum absolute atomic E-state index is 12.4. The summed E-state index contributed by atoms with van der Waals surface area (Å²) >= 11 is 0. The van der Waals surface area contributed by atoms with Crippen LogP contribution in [0.1, 0.15) is 32.3 Å². The van der Waals surface area contributed by atoms with Crippen molar-refractivity contribution in [3.8, 4) is 0 Å². The van der Waals surface area contributed by atoms with Crippen LogP contribution in [0.25, 0.3) is 0 Å². The lowest BCUT2D eigenvalue weighted by molar-refractivity contribution is -0.125. The number of nitrogens with two attached hydrogens (primary N) is 1. The highest BCUT2D eigenvalue weighted by atomic mass is 32.2. The molecule has 21 heavy (non-hydrogen) atoms. The van der Waals surface area contributed by atoms with E-state index in [0.717, 1.165) is 0 Å². The number of rotatable bonds is 7. The molecule has 0 saturated heterocycles. The van der Waals surface area contributed by atoms with Gasteiger partial charge in [-0.25, -0.2) is 8.42 Å². The van der Waals surface area contributed by atoms with Crippen molar-refractivity contribution in [3.05, 3.63) is 29.8 Å². The molecule has 6 heteroatoms. The Morgan fingerprint density at radius 3 is 2.10 bits per heavy atom. The van der Waals surface area contributed by atoms with Gasteiger partial charge in [-0.05, 0) is 30.5 Å². The van der Waals surface area contributed by atoms with Gasteiger partial charge in [0, 0.05) is 18.5 Å². The van der Waals surface area contributed by atoms with Gasteiger partial charge in [-0.15, -0.1) is 0 Å². The lowest BCUT2D eigenvalue weighted by Crippen LogP contribution is -2.41. The van der Waals surface area contributed by atoms with Gasteiger partial charge in [0.2, 0.25) is 5.91 Å². The normalized spacial score (nSPS) is 12.2. The highest BCUT2D eigenvalue weighted by Gasteiger charge is 2.33. The molecule has 0 spiro atoms. The van der Waals surface area contributed by atoms with Crippen molar-refractivity contribution in [2.45, 2.75) is 32.4 Å². The summed E-state index contributed by atoms with van der Waals surface area (Å²) in [5.74, 6) is -0.0939. The fourth-order valence-corrected chi connectivity index (χ4v) is 3.00. The number of sulfone groups is 1. The Hall–Kier alpha value is -1.40. The van der Waals surface area contributed by atoms with Gasteiger partial charge in [0.05, 0.1) is 11.2 Å². The minimum Gasteiger partial charge on any atom is -0.329 e. The van der Waals surface area contributed by atoms with E-state index in [2.05, 4.69) is 5.32 Å². The molecule has 5 nitrogen and oxygen atoms in total. The first-order valence-electron chi connectivity index (χ1n) is 7.04. The molecule has 0 aliphatic heterocycles. The smallest absolute Gasteiger partial charge is 0.231 e. The Morgan fingerprint density at radius 1 is 1.19 bits per heavy atom. The minimum atomic E-state index is -3.05. The number of amides is 1. The van der Waals surface area contributed by atoms with Crippen molar-refractivity contribution >= 4 is 21.4 Å². The Labute approximate surface area is 126 Å². The van der Waals surface area contributed by atoms with E-state index in [1.54, 1.807) is 24.3 Å². The molecule has 118 valence electrons. The van der Waals surface area contributed by atoms with Crippen molar-refractivity contribution in [3.63, 3.8) is 0 Å². The van der Waals surface area contributed by atoms with Crippen molar-refractivity contribution in [2.75, 3.05) is 18.1 Å². The van der Waals surface area contributed by atoms with E-state index in [0.29, 0.717) is 30.6 Å². The van der Waals surface area contributed by atoms with Crippen molar-refractivity contribution < 1.29 is 13.2 Å². The standard InChI is InChI=1S/C15H24N2O3S/c1-4-15(5-2,11-16)14(18)17-13-8-6-12(7-9-13)10-21(3,19)20/h6-9H,4-5,10-11,16H2,1-3H3,(H,17,18). The van der Waals surface area contributed by atoms with E-state index in [1.165, 1.54) is 6.26 Å². The highest BCUT2D eigenvalue weighted by Crippen LogP contribution is 2.27. The van der Waals surface area contributed by atoms with E-state index < -0.39 is 15.3 Å². The Kier molecular flexibility index (Phi) is 5.92. The maximum atomic E-state index is 12.4. The van der Waals surface area contributed by atoms with Crippen LogP contribution in [0.3, 0.4) is 0 Å². The van der Waals surface area contributed by atoms with Crippen molar-refractivity contribution in [1.29, 1.82) is 0 Å². The molecule has 1 rings (SSSR count). The summed E-state index contributed by atoms with van der Waals surface area (Å²) < 4.78 is 22.5. The minimum absolute atomic E-state index is 0.00210. The van der Waals surface area contributed by atoms with Gasteiger partial charge >= 0.3 is 0 Å². The van der Waals surface area contributed by atoms with E-state index in [1.807, 2.05) is 13.8 Å². The lowest BCUT2D eigenvalue weighted by Gasteiger charge is -2.28. The molecule has 3 N–H and O–H groups in total. The number of benzene rings is 1. The monoisotopic (exact) mass is 312 g/mol. The van der Waals surface area contributed by atoms with Crippen LogP contribution >= 0.6 is 0 Å². The fourth-order valence-electron chi connectivity index (χ4n) is 2.20. The van der Waals surface area contributed by atoms with Crippen molar-refractivity contribution in [1.82, 2.24) is 0 Å². The topological polar surface area (TPSA) is 89.3 Å². The van der Waals surface area contributed by atoms with Gasteiger partial charge in [-0.1, -0.05) is 26.0 Å². The first-order valence-corrected chi connectivity index (χ1v) is 9.10. The van der Waals surface area contributed by atoms with E-state index in [-0.39, 0.29) is 11.7 Å². The van der Waals surface area contributed by atoms with E-state index >= 15 is 0 Å². The number of hydrogen-bond donors (Lipinski definition) is 2. The van der Waals surface area contributed by atoms with Crippen LogP contribution in [0.2, 0.25) is 0 Å². The van der Waals surface area contributed by atoms with Crippen LogP contribution in [0.4, 0.5) is 5.69 Å². The molecule has 0 bridgehead atoms. The zero-order valence-corrected chi connectivity index (χ0v) is 13.7. The molecule has 0 atom stereocenters. The van der Waals surface area contributed by atoms with Gasteiger partial charge in [0.1, 0.15) is 0 Å². The predicted molar refractivity (Wildman–Crippen MR) is 85.7 cm³/mol. The number of carbonyl (C=O) groups is 1. The lowest BCUT2D eigenvalue weighted by atomic mass is 9.81.